The highest BCUT2D eigenvalue weighted by molar-refractivity contribution is 6.01. The average molecular weight is 385 g/mol. The molecule has 1 aliphatic rings. The van der Waals surface area contributed by atoms with Crippen LogP contribution in [0.2, 0.25) is 0 Å². The van der Waals surface area contributed by atoms with Crippen LogP contribution in [0.3, 0.4) is 0 Å². The average Bonchev–Trinajstić information content (AvgIpc) is 3.41. The summed E-state index contributed by atoms with van der Waals surface area (Å²) in [6.07, 6.45) is 0.736. The molecule has 1 heterocycles. The number of anilines is 1. The van der Waals surface area contributed by atoms with E-state index in [1.54, 1.807) is 6.92 Å². The number of ether oxygens (including phenoxy) is 1. The van der Waals surface area contributed by atoms with Crippen LogP contribution in [0.15, 0.2) is 39.9 Å². The molecule has 1 aliphatic carbocycles. The standard InChI is InChI=1S/C20H23N3O5/c1-3-22-18(25)16(15(24)11-28-19(26)14-9-12(14)2)17(21)23(20(22)27)10-13-7-5-4-6-8-13/h4-8,12,14H,3,9-11,21H2,1-2H3/t12-,14-/m1/s1. The minimum atomic E-state index is -0.768. The summed E-state index contributed by atoms with van der Waals surface area (Å²) >= 11 is 0. The number of hydrogen-bond acceptors (Lipinski definition) is 6. The van der Waals surface area contributed by atoms with Crippen LogP contribution in [0, 0.1) is 11.8 Å². The van der Waals surface area contributed by atoms with Crippen LogP contribution in [-0.2, 0) is 22.6 Å². The first-order valence-corrected chi connectivity index (χ1v) is 9.22. The summed E-state index contributed by atoms with van der Waals surface area (Å²) in [4.78, 5) is 49.8. The Morgan fingerprint density at radius 2 is 1.82 bits per heavy atom. The minimum absolute atomic E-state index is 0.0897. The number of rotatable bonds is 7. The molecule has 1 aromatic carbocycles. The Hall–Kier alpha value is -3.16. The summed E-state index contributed by atoms with van der Waals surface area (Å²) in [5.74, 6) is -1.33. The number of ketones is 1. The van der Waals surface area contributed by atoms with Gasteiger partial charge in [0.05, 0.1) is 12.5 Å². The fourth-order valence-corrected chi connectivity index (χ4v) is 3.14. The molecule has 148 valence electrons. The van der Waals surface area contributed by atoms with Gasteiger partial charge in [0.15, 0.2) is 6.61 Å². The molecule has 1 aromatic heterocycles. The normalized spacial score (nSPS) is 17.9. The molecule has 1 fully saturated rings. The summed E-state index contributed by atoms with van der Waals surface area (Å²) in [7, 11) is 0. The maximum absolute atomic E-state index is 12.7. The van der Waals surface area contributed by atoms with E-state index in [1.807, 2.05) is 37.3 Å². The van der Waals surface area contributed by atoms with E-state index in [0.717, 1.165) is 16.6 Å². The summed E-state index contributed by atoms with van der Waals surface area (Å²) in [6.45, 7) is 3.19. The summed E-state index contributed by atoms with van der Waals surface area (Å²) in [5, 5.41) is 0. The molecule has 0 spiro atoms. The van der Waals surface area contributed by atoms with Gasteiger partial charge in [-0.25, -0.2) is 4.79 Å². The number of aromatic nitrogens is 2. The smallest absolute Gasteiger partial charge is 0.332 e. The van der Waals surface area contributed by atoms with Crippen molar-refractivity contribution in [1.82, 2.24) is 9.13 Å². The molecule has 0 aliphatic heterocycles. The Labute approximate surface area is 161 Å². The molecule has 8 heteroatoms. The molecule has 28 heavy (non-hydrogen) atoms. The zero-order valence-electron chi connectivity index (χ0n) is 15.9. The molecule has 8 nitrogen and oxygen atoms in total. The molecule has 0 bridgehead atoms. The maximum atomic E-state index is 12.7. The fourth-order valence-electron chi connectivity index (χ4n) is 3.14. The van der Waals surface area contributed by atoms with Gasteiger partial charge in [-0.1, -0.05) is 37.3 Å². The monoisotopic (exact) mass is 385 g/mol. The zero-order valence-corrected chi connectivity index (χ0v) is 15.9. The topological polar surface area (TPSA) is 113 Å². The Morgan fingerprint density at radius 1 is 1.18 bits per heavy atom. The van der Waals surface area contributed by atoms with Crippen molar-refractivity contribution in [2.75, 3.05) is 12.3 Å². The lowest BCUT2D eigenvalue weighted by Gasteiger charge is -2.15. The molecular weight excluding hydrogens is 362 g/mol. The Balaban J connectivity index is 1.94. The molecule has 0 unspecified atom stereocenters. The van der Waals surface area contributed by atoms with Gasteiger partial charge in [0.1, 0.15) is 11.4 Å². The Bertz CT molecular complexity index is 1020. The van der Waals surface area contributed by atoms with Crippen molar-refractivity contribution in [1.29, 1.82) is 0 Å². The van der Waals surface area contributed by atoms with Gasteiger partial charge in [-0.15, -0.1) is 0 Å². The molecule has 1 saturated carbocycles. The van der Waals surface area contributed by atoms with E-state index in [9.17, 15) is 19.2 Å². The van der Waals surface area contributed by atoms with E-state index in [4.69, 9.17) is 10.5 Å². The number of hydrogen-bond donors (Lipinski definition) is 1. The first kappa shape index (κ1) is 19.6. The molecule has 2 N–H and O–H groups in total. The number of benzene rings is 1. The third-order valence-corrected chi connectivity index (χ3v) is 5.00. The lowest BCUT2D eigenvalue weighted by Crippen LogP contribution is -2.44. The summed E-state index contributed by atoms with van der Waals surface area (Å²) in [5.41, 5.74) is 5.16. The van der Waals surface area contributed by atoms with Crippen molar-refractivity contribution in [3.8, 4) is 0 Å². The zero-order chi connectivity index (χ0) is 20.4. The maximum Gasteiger partial charge on any atom is 0.332 e. The lowest BCUT2D eigenvalue weighted by atomic mass is 10.2. The largest absolute Gasteiger partial charge is 0.457 e. The molecule has 3 rings (SSSR count). The summed E-state index contributed by atoms with van der Waals surface area (Å²) in [6, 6.07) is 9.10. The van der Waals surface area contributed by atoms with E-state index in [-0.39, 0.29) is 36.3 Å². The van der Waals surface area contributed by atoms with Crippen molar-refractivity contribution >= 4 is 17.6 Å². The van der Waals surface area contributed by atoms with Gasteiger partial charge in [-0.2, -0.15) is 0 Å². The number of esters is 1. The van der Waals surface area contributed by atoms with Gasteiger partial charge in [0.2, 0.25) is 5.78 Å². The van der Waals surface area contributed by atoms with Crippen LogP contribution in [0.25, 0.3) is 0 Å². The van der Waals surface area contributed by atoms with Gasteiger partial charge in [0, 0.05) is 6.54 Å². The minimum Gasteiger partial charge on any atom is -0.457 e. The molecule has 0 radical (unpaired) electrons. The van der Waals surface area contributed by atoms with Gasteiger partial charge in [0.25, 0.3) is 5.56 Å². The molecular formula is C20H23N3O5. The second-order valence-corrected chi connectivity index (χ2v) is 7.01. The van der Waals surface area contributed by atoms with Crippen molar-refractivity contribution in [2.24, 2.45) is 11.8 Å². The van der Waals surface area contributed by atoms with Crippen LogP contribution >= 0.6 is 0 Å². The Morgan fingerprint density at radius 3 is 2.39 bits per heavy atom. The van der Waals surface area contributed by atoms with E-state index < -0.39 is 29.6 Å². The quantitative estimate of drug-likeness (QED) is 0.563. The third-order valence-electron chi connectivity index (χ3n) is 5.00. The lowest BCUT2D eigenvalue weighted by molar-refractivity contribution is -0.144. The molecule has 2 atom stereocenters. The van der Waals surface area contributed by atoms with E-state index in [0.29, 0.717) is 0 Å². The SMILES string of the molecule is CCn1c(=O)c(C(=O)COC(=O)[C@@H]2C[C@H]2C)c(N)n(Cc2ccccc2)c1=O. The van der Waals surface area contributed by atoms with Crippen LogP contribution in [0.4, 0.5) is 5.82 Å². The first-order chi connectivity index (χ1) is 13.3. The highest BCUT2D eigenvalue weighted by atomic mass is 16.5. The van der Waals surface area contributed by atoms with E-state index >= 15 is 0 Å². The van der Waals surface area contributed by atoms with E-state index in [1.165, 1.54) is 4.57 Å². The fraction of sp³-hybridized carbons (Fsp3) is 0.400. The summed E-state index contributed by atoms with van der Waals surface area (Å²) < 4.78 is 7.19. The van der Waals surface area contributed by atoms with Gasteiger partial charge in [-0.3, -0.25) is 23.5 Å². The number of nitrogens with two attached hydrogens (primary N) is 1. The van der Waals surface area contributed by atoms with Crippen LogP contribution < -0.4 is 17.0 Å². The second kappa shape index (κ2) is 7.84. The predicted octanol–water partition coefficient (Wildman–Crippen LogP) is 1.04. The number of Topliss-reactive ketones (excluding diaryl/α,β-unsaturated/α-hetero) is 1. The van der Waals surface area contributed by atoms with E-state index in [2.05, 4.69) is 0 Å². The van der Waals surface area contributed by atoms with Crippen LogP contribution in [-0.4, -0.2) is 27.5 Å². The highest BCUT2D eigenvalue weighted by Crippen LogP contribution is 2.38. The van der Waals surface area contributed by atoms with Gasteiger partial charge >= 0.3 is 11.7 Å². The highest BCUT2D eigenvalue weighted by Gasteiger charge is 2.40. The molecule has 0 saturated heterocycles. The number of nitrogens with zero attached hydrogens (tertiary/aromatic N) is 2. The predicted molar refractivity (Wildman–Crippen MR) is 103 cm³/mol. The second-order valence-electron chi connectivity index (χ2n) is 7.01. The van der Waals surface area contributed by atoms with Crippen LogP contribution in [0.1, 0.15) is 36.2 Å². The van der Waals surface area contributed by atoms with Crippen molar-refractivity contribution < 1.29 is 14.3 Å². The van der Waals surface area contributed by atoms with Gasteiger partial charge in [-0.05, 0) is 24.8 Å². The van der Waals surface area contributed by atoms with Crippen molar-refractivity contribution in [3.05, 3.63) is 62.3 Å². The first-order valence-electron chi connectivity index (χ1n) is 9.22. The van der Waals surface area contributed by atoms with Crippen molar-refractivity contribution in [3.63, 3.8) is 0 Å². The molecule has 2 aromatic rings. The van der Waals surface area contributed by atoms with Crippen molar-refractivity contribution in [2.45, 2.75) is 33.4 Å². The Kier molecular flexibility index (Phi) is 5.48. The number of carbonyl (C=O) groups excluding carboxylic acids is 2. The number of carbonyl (C=O) groups is 2. The van der Waals surface area contributed by atoms with Crippen LogP contribution in [0.5, 0.6) is 0 Å². The molecule has 0 amide bonds. The third kappa shape index (κ3) is 3.76. The number of nitrogen functional groups attached to an aromatic ring is 1. The van der Waals surface area contributed by atoms with Gasteiger partial charge < -0.3 is 10.5 Å².